The highest BCUT2D eigenvalue weighted by molar-refractivity contribution is 7.96. The summed E-state index contributed by atoms with van der Waals surface area (Å²) < 4.78 is 3.43. The minimum atomic E-state index is 0.502. The maximum atomic E-state index is 6.35. The molecule has 25 heavy (non-hydrogen) atoms. The number of piperidine rings is 1. The third-order valence-electron chi connectivity index (χ3n) is 4.41. The van der Waals surface area contributed by atoms with Gasteiger partial charge < -0.3 is 9.88 Å². The van der Waals surface area contributed by atoms with Gasteiger partial charge in [-0.1, -0.05) is 35.7 Å². The molecule has 1 aromatic carbocycles. The summed E-state index contributed by atoms with van der Waals surface area (Å²) in [6.07, 6.45) is 5.88. The number of imidazole rings is 1. The molecule has 1 aliphatic heterocycles. The lowest BCUT2D eigenvalue weighted by molar-refractivity contribution is 0.474. The Labute approximate surface area is 155 Å². The SMILES string of the molecule is CSNC1CCN(c2ncc(Cl)c(-c3nc4ccccc4[nH]3)n2)CC1. The number of hydrogen-bond donors (Lipinski definition) is 2. The number of anilines is 1. The van der Waals surface area contributed by atoms with E-state index in [0.717, 1.165) is 37.0 Å². The summed E-state index contributed by atoms with van der Waals surface area (Å²) in [6.45, 7) is 1.86. The Morgan fingerprint density at radius 2 is 2.04 bits per heavy atom. The van der Waals surface area contributed by atoms with E-state index in [1.54, 1.807) is 18.1 Å². The molecule has 3 heterocycles. The second-order valence-corrected chi connectivity index (χ2v) is 7.10. The second kappa shape index (κ2) is 7.19. The monoisotopic (exact) mass is 374 g/mol. The van der Waals surface area contributed by atoms with Crippen LogP contribution in [0, 0.1) is 0 Å². The first-order chi connectivity index (χ1) is 12.2. The van der Waals surface area contributed by atoms with Crippen molar-refractivity contribution < 1.29 is 0 Å². The van der Waals surface area contributed by atoms with Crippen LogP contribution in [0.1, 0.15) is 12.8 Å². The topological polar surface area (TPSA) is 69.7 Å². The van der Waals surface area contributed by atoms with Crippen LogP contribution in [0.25, 0.3) is 22.6 Å². The molecule has 4 rings (SSSR count). The van der Waals surface area contributed by atoms with Crippen molar-refractivity contribution >= 4 is 40.5 Å². The van der Waals surface area contributed by atoms with Crippen molar-refractivity contribution in [2.24, 2.45) is 0 Å². The van der Waals surface area contributed by atoms with Crippen molar-refractivity contribution in [1.29, 1.82) is 0 Å². The summed E-state index contributed by atoms with van der Waals surface area (Å²) in [5.41, 5.74) is 2.52. The summed E-state index contributed by atoms with van der Waals surface area (Å²) in [4.78, 5) is 19.2. The Morgan fingerprint density at radius 1 is 1.24 bits per heavy atom. The van der Waals surface area contributed by atoms with Gasteiger partial charge in [0.1, 0.15) is 5.69 Å². The molecule has 6 nitrogen and oxygen atoms in total. The maximum absolute atomic E-state index is 6.35. The van der Waals surface area contributed by atoms with E-state index in [4.69, 9.17) is 16.6 Å². The van der Waals surface area contributed by atoms with Crippen LogP contribution in [0.15, 0.2) is 30.5 Å². The van der Waals surface area contributed by atoms with Gasteiger partial charge in [-0.15, -0.1) is 0 Å². The van der Waals surface area contributed by atoms with Crippen molar-refractivity contribution in [2.45, 2.75) is 18.9 Å². The van der Waals surface area contributed by atoms with Gasteiger partial charge in [-0.3, -0.25) is 4.72 Å². The smallest absolute Gasteiger partial charge is 0.226 e. The average Bonchev–Trinajstić information content (AvgIpc) is 3.07. The van der Waals surface area contributed by atoms with Gasteiger partial charge in [0.15, 0.2) is 5.82 Å². The molecular formula is C17H19ClN6S. The van der Waals surface area contributed by atoms with Gasteiger partial charge in [0.2, 0.25) is 5.95 Å². The van der Waals surface area contributed by atoms with Gasteiger partial charge in [0.05, 0.1) is 22.3 Å². The fourth-order valence-corrected chi connectivity index (χ4v) is 3.85. The van der Waals surface area contributed by atoms with Crippen LogP contribution in [-0.4, -0.2) is 45.3 Å². The molecule has 1 saturated heterocycles. The number of para-hydroxylation sites is 2. The summed E-state index contributed by atoms with van der Waals surface area (Å²) in [5.74, 6) is 1.39. The molecule has 2 N–H and O–H groups in total. The van der Waals surface area contributed by atoms with Gasteiger partial charge in [-0.2, -0.15) is 0 Å². The zero-order valence-corrected chi connectivity index (χ0v) is 15.4. The third kappa shape index (κ3) is 3.44. The van der Waals surface area contributed by atoms with Gasteiger partial charge >= 0.3 is 0 Å². The molecule has 0 atom stereocenters. The number of H-pyrrole nitrogens is 1. The number of rotatable bonds is 4. The van der Waals surface area contributed by atoms with Crippen LogP contribution in [0.4, 0.5) is 5.95 Å². The first-order valence-corrected chi connectivity index (χ1v) is 9.86. The minimum absolute atomic E-state index is 0.502. The zero-order chi connectivity index (χ0) is 17.2. The van der Waals surface area contributed by atoms with Crippen LogP contribution in [0.5, 0.6) is 0 Å². The van der Waals surface area contributed by atoms with E-state index in [9.17, 15) is 0 Å². The van der Waals surface area contributed by atoms with Gasteiger partial charge in [0.25, 0.3) is 0 Å². The zero-order valence-electron chi connectivity index (χ0n) is 13.9. The summed E-state index contributed by atoms with van der Waals surface area (Å²) in [7, 11) is 0. The number of halogens is 1. The highest BCUT2D eigenvalue weighted by atomic mass is 35.5. The maximum Gasteiger partial charge on any atom is 0.226 e. The average molecular weight is 375 g/mol. The number of benzene rings is 1. The Bertz CT molecular complexity index is 841. The molecule has 0 aliphatic carbocycles. The molecule has 0 unspecified atom stereocenters. The lowest BCUT2D eigenvalue weighted by Crippen LogP contribution is -2.41. The van der Waals surface area contributed by atoms with E-state index in [1.807, 2.05) is 24.3 Å². The lowest BCUT2D eigenvalue weighted by atomic mass is 10.1. The van der Waals surface area contributed by atoms with E-state index < -0.39 is 0 Å². The standard InChI is InChI=1S/C17H19ClN6S/c1-25-23-11-6-8-24(9-7-11)17-19-10-12(18)15(22-17)16-20-13-4-2-3-5-14(13)21-16/h2-5,10-11,23H,6-9H2,1H3,(H,20,21). The highest BCUT2D eigenvalue weighted by Crippen LogP contribution is 2.27. The van der Waals surface area contributed by atoms with Crippen LogP contribution in [0.2, 0.25) is 5.02 Å². The van der Waals surface area contributed by atoms with Crippen LogP contribution >= 0.6 is 23.5 Å². The van der Waals surface area contributed by atoms with Crippen LogP contribution in [0.3, 0.4) is 0 Å². The normalized spacial score (nSPS) is 15.8. The molecule has 130 valence electrons. The summed E-state index contributed by atoms with van der Waals surface area (Å²) >= 11 is 8.02. The number of aromatic amines is 1. The fraction of sp³-hybridized carbons (Fsp3) is 0.353. The van der Waals surface area contributed by atoms with Gasteiger partial charge in [0, 0.05) is 19.1 Å². The molecule has 0 bridgehead atoms. The molecule has 0 spiro atoms. The van der Waals surface area contributed by atoms with Crippen molar-refractivity contribution in [3.63, 3.8) is 0 Å². The Balaban J connectivity index is 1.61. The number of nitrogens with one attached hydrogen (secondary N) is 2. The quantitative estimate of drug-likeness (QED) is 0.681. The number of nitrogens with zero attached hydrogens (tertiary/aromatic N) is 4. The number of aromatic nitrogens is 4. The third-order valence-corrected chi connectivity index (χ3v) is 5.25. The fourth-order valence-electron chi connectivity index (χ4n) is 3.11. The summed E-state index contributed by atoms with van der Waals surface area (Å²) in [6, 6.07) is 8.45. The molecule has 1 fully saturated rings. The molecule has 2 aromatic heterocycles. The van der Waals surface area contributed by atoms with Gasteiger partial charge in [-0.05, 0) is 31.2 Å². The molecular weight excluding hydrogens is 356 g/mol. The Hall–Kier alpha value is -1.83. The molecule has 8 heteroatoms. The molecule has 3 aromatic rings. The number of hydrogen-bond acceptors (Lipinski definition) is 6. The molecule has 1 aliphatic rings. The summed E-state index contributed by atoms with van der Waals surface area (Å²) in [5, 5.41) is 0.502. The van der Waals surface area contributed by atoms with Crippen LogP contribution < -0.4 is 9.62 Å². The van der Waals surface area contributed by atoms with E-state index in [2.05, 4.69) is 30.8 Å². The number of fused-ring (bicyclic) bond motifs is 1. The largest absolute Gasteiger partial charge is 0.341 e. The van der Waals surface area contributed by atoms with Crippen molar-refractivity contribution in [3.8, 4) is 11.5 Å². The van der Waals surface area contributed by atoms with Crippen molar-refractivity contribution in [1.82, 2.24) is 24.7 Å². The van der Waals surface area contributed by atoms with Gasteiger partial charge in [-0.25, -0.2) is 15.0 Å². The second-order valence-electron chi connectivity index (χ2n) is 6.05. The van der Waals surface area contributed by atoms with Crippen LogP contribution in [-0.2, 0) is 0 Å². The van der Waals surface area contributed by atoms with E-state index >= 15 is 0 Å². The highest BCUT2D eigenvalue weighted by Gasteiger charge is 2.22. The Morgan fingerprint density at radius 3 is 2.80 bits per heavy atom. The lowest BCUT2D eigenvalue weighted by Gasteiger charge is -2.32. The predicted octanol–water partition coefficient (Wildman–Crippen LogP) is 3.51. The van der Waals surface area contributed by atoms with Crippen molar-refractivity contribution in [3.05, 3.63) is 35.5 Å². The first-order valence-electron chi connectivity index (χ1n) is 8.25. The van der Waals surface area contributed by atoms with E-state index in [1.165, 1.54) is 0 Å². The molecule has 0 radical (unpaired) electrons. The van der Waals surface area contributed by atoms with Crippen molar-refractivity contribution in [2.75, 3.05) is 24.2 Å². The Kier molecular flexibility index (Phi) is 4.78. The van der Waals surface area contributed by atoms with E-state index in [-0.39, 0.29) is 0 Å². The molecule has 0 amide bonds. The first kappa shape index (κ1) is 16.6. The predicted molar refractivity (Wildman–Crippen MR) is 104 cm³/mol. The van der Waals surface area contributed by atoms with E-state index in [0.29, 0.717) is 28.5 Å². The molecule has 0 saturated carbocycles. The minimum Gasteiger partial charge on any atom is -0.341 e.